The first kappa shape index (κ1) is 16.9. The Hall–Kier alpha value is -1.11. The summed E-state index contributed by atoms with van der Waals surface area (Å²) in [5.74, 6) is 0.0596. The van der Waals surface area contributed by atoms with Gasteiger partial charge in [-0.1, -0.05) is 25.4 Å². The summed E-state index contributed by atoms with van der Waals surface area (Å²) in [6.07, 6.45) is 0. The van der Waals surface area contributed by atoms with Gasteiger partial charge in [-0.25, -0.2) is 13.6 Å². The van der Waals surface area contributed by atoms with Gasteiger partial charge < -0.3 is 4.90 Å². The molecule has 20 heavy (non-hydrogen) atoms. The number of amides is 1. The van der Waals surface area contributed by atoms with Crippen LogP contribution in [0.2, 0.25) is 5.02 Å². The van der Waals surface area contributed by atoms with E-state index >= 15 is 0 Å². The van der Waals surface area contributed by atoms with Crippen LogP contribution >= 0.6 is 11.6 Å². The van der Waals surface area contributed by atoms with E-state index in [4.69, 9.17) is 16.7 Å². The monoisotopic (exact) mass is 318 g/mol. The Bertz CT molecular complexity index is 600. The smallest absolute Gasteiger partial charge is 0.253 e. The summed E-state index contributed by atoms with van der Waals surface area (Å²) in [6.45, 7) is 7.00. The Morgan fingerprint density at radius 3 is 2.40 bits per heavy atom. The standard InChI is InChI=1S/C13H19ClN2O3S/c1-4-16(8-9(2)3)13(17)10-5-11(14)7-12(6-10)20(15,18)19/h5-7,9H,4,8H2,1-3H3,(H2,15,18,19). The first-order valence-corrected chi connectivity index (χ1v) is 8.20. The molecule has 0 fully saturated rings. The molecule has 2 N–H and O–H groups in total. The first-order valence-electron chi connectivity index (χ1n) is 6.27. The predicted molar refractivity (Wildman–Crippen MR) is 79.2 cm³/mol. The van der Waals surface area contributed by atoms with E-state index in [1.165, 1.54) is 18.2 Å². The molecule has 0 aliphatic heterocycles. The number of hydrogen-bond acceptors (Lipinski definition) is 3. The van der Waals surface area contributed by atoms with E-state index in [0.29, 0.717) is 19.0 Å². The van der Waals surface area contributed by atoms with Gasteiger partial charge >= 0.3 is 0 Å². The van der Waals surface area contributed by atoms with E-state index in [0.717, 1.165) is 0 Å². The van der Waals surface area contributed by atoms with Crippen LogP contribution in [-0.4, -0.2) is 32.3 Å². The van der Waals surface area contributed by atoms with Crippen molar-refractivity contribution in [3.63, 3.8) is 0 Å². The number of halogens is 1. The molecule has 0 saturated carbocycles. The lowest BCUT2D eigenvalue weighted by molar-refractivity contribution is 0.0745. The summed E-state index contributed by atoms with van der Waals surface area (Å²) >= 11 is 5.86. The number of benzene rings is 1. The third-order valence-corrected chi connectivity index (χ3v) is 3.81. The van der Waals surface area contributed by atoms with Crippen molar-refractivity contribution in [2.45, 2.75) is 25.7 Å². The van der Waals surface area contributed by atoms with Crippen molar-refractivity contribution < 1.29 is 13.2 Å². The summed E-state index contributed by atoms with van der Waals surface area (Å²) < 4.78 is 22.7. The summed E-state index contributed by atoms with van der Waals surface area (Å²) in [5, 5.41) is 5.24. The van der Waals surface area contributed by atoms with Crippen LogP contribution in [-0.2, 0) is 10.0 Å². The van der Waals surface area contributed by atoms with E-state index in [2.05, 4.69) is 0 Å². The van der Waals surface area contributed by atoms with Crippen LogP contribution in [0.3, 0.4) is 0 Å². The van der Waals surface area contributed by atoms with Gasteiger partial charge in [-0.15, -0.1) is 0 Å². The zero-order chi connectivity index (χ0) is 15.5. The maximum Gasteiger partial charge on any atom is 0.253 e. The first-order chi connectivity index (χ1) is 9.15. The Morgan fingerprint density at radius 2 is 1.95 bits per heavy atom. The van der Waals surface area contributed by atoms with E-state index < -0.39 is 10.0 Å². The van der Waals surface area contributed by atoms with Crippen LogP contribution in [0.5, 0.6) is 0 Å². The van der Waals surface area contributed by atoms with Gasteiger partial charge in [0.25, 0.3) is 5.91 Å². The lowest BCUT2D eigenvalue weighted by Gasteiger charge is -2.23. The van der Waals surface area contributed by atoms with E-state index in [1.54, 1.807) is 4.90 Å². The summed E-state index contributed by atoms with van der Waals surface area (Å²) in [6, 6.07) is 3.93. The molecule has 0 unspecified atom stereocenters. The quantitative estimate of drug-likeness (QED) is 0.902. The molecular formula is C13H19ClN2O3S. The molecule has 0 bridgehead atoms. The molecule has 0 heterocycles. The van der Waals surface area contributed by atoms with Gasteiger partial charge in [0, 0.05) is 23.7 Å². The molecular weight excluding hydrogens is 300 g/mol. The van der Waals surface area contributed by atoms with Gasteiger partial charge in [0.15, 0.2) is 0 Å². The molecule has 0 aliphatic rings. The molecule has 0 radical (unpaired) electrons. The van der Waals surface area contributed by atoms with Gasteiger partial charge in [-0.05, 0) is 31.0 Å². The van der Waals surface area contributed by atoms with E-state index in [9.17, 15) is 13.2 Å². The van der Waals surface area contributed by atoms with Crippen LogP contribution in [0.25, 0.3) is 0 Å². The minimum absolute atomic E-state index is 0.158. The molecule has 0 aliphatic carbocycles. The number of sulfonamides is 1. The second-order valence-electron chi connectivity index (χ2n) is 4.96. The highest BCUT2D eigenvalue weighted by Crippen LogP contribution is 2.19. The zero-order valence-electron chi connectivity index (χ0n) is 11.8. The number of carbonyl (C=O) groups excluding carboxylic acids is 1. The third kappa shape index (κ3) is 4.47. The Balaban J connectivity index is 3.19. The Labute approximate surface area is 124 Å². The van der Waals surface area contributed by atoms with E-state index in [1.807, 2.05) is 20.8 Å². The molecule has 0 aromatic heterocycles. The Kier molecular flexibility index (Phi) is 5.56. The minimum atomic E-state index is -3.89. The molecule has 1 aromatic rings. The average Bonchev–Trinajstić information content (AvgIpc) is 2.33. The highest BCUT2D eigenvalue weighted by Gasteiger charge is 2.19. The van der Waals surface area contributed by atoms with Gasteiger partial charge in [0.05, 0.1) is 4.90 Å². The van der Waals surface area contributed by atoms with Crippen molar-refractivity contribution in [2.24, 2.45) is 11.1 Å². The number of nitrogens with two attached hydrogens (primary N) is 1. The predicted octanol–water partition coefficient (Wildman–Crippen LogP) is 2.11. The van der Waals surface area contributed by atoms with E-state index in [-0.39, 0.29) is 21.4 Å². The molecule has 0 saturated heterocycles. The lowest BCUT2D eigenvalue weighted by atomic mass is 10.1. The molecule has 1 rings (SSSR count). The van der Waals surface area contributed by atoms with Crippen LogP contribution in [0.15, 0.2) is 23.1 Å². The van der Waals surface area contributed by atoms with Crippen molar-refractivity contribution in [3.05, 3.63) is 28.8 Å². The van der Waals surface area contributed by atoms with Crippen molar-refractivity contribution in [1.29, 1.82) is 0 Å². The molecule has 1 amide bonds. The SMILES string of the molecule is CCN(CC(C)C)C(=O)c1cc(Cl)cc(S(N)(=O)=O)c1. The average molecular weight is 319 g/mol. The second kappa shape index (κ2) is 6.56. The maximum absolute atomic E-state index is 12.4. The molecule has 0 atom stereocenters. The lowest BCUT2D eigenvalue weighted by Crippen LogP contribution is -2.34. The topological polar surface area (TPSA) is 80.5 Å². The fraction of sp³-hybridized carbons (Fsp3) is 0.462. The van der Waals surface area contributed by atoms with Crippen molar-refractivity contribution in [1.82, 2.24) is 4.90 Å². The highest BCUT2D eigenvalue weighted by molar-refractivity contribution is 7.89. The van der Waals surface area contributed by atoms with Gasteiger partial charge in [0.2, 0.25) is 10.0 Å². The zero-order valence-corrected chi connectivity index (χ0v) is 13.3. The second-order valence-corrected chi connectivity index (χ2v) is 6.96. The summed E-state index contributed by atoms with van der Waals surface area (Å²) in [4.78, 5) is 13.9. The Morgan fingerprint density at radius 1 is 1.35 bits per heavy atom. The number of rotatable bonds is 5. The molecule has 112 valence electrons. The number of carbonyl (C=O) groups is 1. The maximum atomic E-state index is 12.4. The largest absolute Gasteiger partial charge is 0.339 e. The number of primary sulfonamides is 1. The third-order valence-electron chi connectivity index (χ3n) is 2.70. The molecule has 0 spiro atoms. The molecule has 1 aromatic carbocycles. The van der Waals surface area contributed by atoms with Crippen molar-refractivity contribution >= 4 is 27.5 Å². The van der Waals surface area contributed by atoms with Crippen molar-refractivity contribution in [3.8, 4) is 0 Å². The minimum Gasteiger partial charge on any atom is -0.339 e. The van der Waals surface area contributed by atoms with Crippen molar-refractivity contribution in [2.75, 3.05) is 13.1 Å². The fourth-order valence-electron chi connectivity index (χ4n) is 1.83. The highest BCUT2D eigenvalue weighted by atomic mass is 35.5. The number of hydrogen-bond donors (Lipinski definition) is 1. The summed E-state index contributed by atoms with van der Waals surface area (Å²) in [7, 11) is -3.89. The van der Waals surface area contributed by atoms with Crippen LogP contribution in [0, 0.1) is 5.92 Å². The normalized spacial score (nSPS) is 11.7. The van der Waals surface area contributed by atoms with Gasteiger partial charge in [0.1, 0.15) is 0 Å². The summed E-state index contributed by atoms with van der Waals surface area (Å²) in [5.41, 5.74) is 0.226. The molecule has 5 nitrogen and oxygen atoms in total. The van der Waals surface area contributed by atoms with Crippen LogP contribution in [0.4, 0.5) is 0 Å². The number of nitrogens with zero attached hydrogens (tertiary/aromatic N) is 1. The van der Waals surface area contributed by atoms with Gasteiger partial charge in [-0.2, -0.15) is 0 Å². The molecule has 7 heteroatoms. The van der Waals surface area contributed by atoms with Crippen LogP contribution < -0.4 is 5.14 Å². The fourth-order valence-corrected chi connectivity index (χ4v) is 2.71. The van der Waals surface area contributed by atoms with Gasteiger partial charge in [-0.3, -0.25) is 4.79 Å². The van der Waals surface area contributed by atoms with Crippen LogP contribution in [0.1, 0.15) is 31.1 Å².